The number of anilines is 1. The van der Waals surface area contributed by atoms with E-state index in [1.807, 2.05) is 12.1 Å². The van der Waals surface area contributed by atoms with Crippen molar-refractivity contribution in [2.45, 2.75) is 13.1 Å². The van der Waals surface area contributed by atoms with Crippen LogP contribution >= 0.6 is 27.3 Å². The summed E-state index contributed by atoms with van der Waals surface area (Å²) in [6.07, 6.45) is 1.68. The van der Waals surface area contributed by atoms with Crippen molar-refractivity contribution >= 4 is 33.0 Å². The Labute approximate surface area is 107 Å². The molecule has 0 atom stereocenters. The summed E-state index contributed by atoms with van der Waals surface area (Å²) in [5.41, 5.74) is 7.27. The van der Waals surface area contributed by atoms with Crippen LogP contribution in [0.3, 0.4) is 0 Å². The maximum absolute atomic E-state index is 5.56. The van der Waals surface area contributed by atoms with E-state index in [-0.39, 0.29) is 0 Å². The smallest absolute Gasteiger partial charge is 0.0543 e. The first-order valence-electron chi connectivity index (χ1n) is 4.88. The molecule has 0 aliphatic heterocycles. The highest BCUT2D eigenvalue weighted by Gasteiger charge is 1.98. The summed E-state index contributed by atoms with van der Waals surface area (Å²) in [4.78, 5) is 5.53. The first-order chi connectivity index (χ1) is 7.74. The Hall–Kier alpha value is -0.910. The fourth-order valence-electron chi connectivity index (χ4n) is 1.30. The molecule has 0 saturated carbocycles. The molecular formula is C11H12BrN3S. The number of pyridine rings is 1. The predicted octanol–water partition coefficient (Wildman–Crippen LogP) is 2.78. The zero-order valence-electron chi connectivity index (χ0n) is 8.61. The quantitative estimate of drug-likeness (QED) is 0.912. The van der Waals surface area contributed by atoms with Gasteiger partial charge in [0.15, 0.2) is 0 Å². The lowest BCUT2D eigenvalue weighted by molar-refractivity contribution is 0.686. The number of rotatable bonds is 4. The number of aromatic nitrogens is 1. The topological polar surface area (TPSA) is 50.9 Å². The SMILES string of the molecule is Nc1ccc(CNCc2cc(Br)cs2)nc1. The van der Waals surface area contributed by atoms with Crippen LogP contribution in [0, 0.1) is 0 Å². The number of hydrogen-bond acceptors (Lipinski definition) is 4. The molecule has 0 aliphatic rings. The van der Waals surface area contributed by atoms with E-state index in [2.05, 4.69) is 37.7 Å². The van der Waals surface area contributed by atoms with E-state index in [9.17, 15) is 0 Å². The lowest BCUT2D eigenvalue weighted by Gasteiger charge is -2.02. The number of nitrogens with two attached hydrogens (primary N) is 1. The molecule has 0 aromatic carbocycles. The van der Waals surface area contributed by atoms with Crippen molar-refractivity contribution in [2.75, 3.05) is 5.73 Å². The van der Waals surface area contributed by atoms with Gasteiger partial charge in [0.05, 0.1) is 17.6 Å². The molecule has 2 aromatic heterocycles. The lowest BCUT2D eigenvalue weighted by Crippen LogP contribution is -2.12. The second-order valence-corrected chi connectivity index (χ2v) is 5.33. The third-order valence-corrected chi connectivity index (χ3v) is 3.77. The van der Waals surface area contributed by atoms with E-state index in [1.54, 1.807) is 17.5 Å². The number of thiophene rings is 1. The van der Waals surface area contributed by atoms with Gasteiger partial charge in [0, 0.05) is 27.8 Å². The first-order valence-corrected chi connectivity index (χ1v) is 6.55. The summed E-state index contributed by atoms with van der Waals surface area (Å²) in [7, 11) is 0. The molecular weight excluding hydrogens is 286 g/mol. The van der Waals surface area contributed by atoms with Gasteiger partial charge in [0.2, 0.25) is 0 Å². The average molecular weight is 298 g/mol. The second-order valence-electron chi connectivity index (χ2n) is 3.42. The van der Waals surface area contributed by atoms with Crippen molar-refractivity contribution < 1.29 is 0 Å². The van der Waals surface area contributed by atoms with Gasteiger partial charge in [-0.25, -0.2) is 0 Å². The highest BCUT2D eigenvalue weighted by Crippen LogP contribution is 2.19. The summed E-state index contributed by atoms with van der Waals surface area (Å²) in [6, 6.07) is 5.92. The van der Waals surface area contributed by atoms with E-state index in [1.165, 1.54) is 4.88 Å². The molecule has 16 heavy (non-hydrogen) atoms. The first kappa shape index (κ1) is 11.6. The molecule has 0 bridgehead atoms. The molecule has 0 fully saturated rings. The van der Waals surface area contributed by atoms with Gasteiger partial charge in [-0.1, -0.05) is 0 Å². The maximum atomic E-state index is 5.56. The van der Waals surface area contributed by atoms with Crippen LogP contribution in [0.25, 0.3) is 0 Å². The summed E-state index contributed by atoms with van der Waals surface area (Å²) < 4.78 is 1.14. The van der Waals surface area contributed by atoms with Crippen molar-refractivity contribution in [3.05, 3.63) is 44.8 Å². The molecule has 2 heterocycles. The Bertz CT molecular complexity index is 453. The minimum Gasteiger partial charge on any atom is -0.397 e. The Morgan fingerprint density at radius 1 is 1.38 bits per heavy atom. The van der Waals surface area contributed by atoms with Crippen LogP contribution in [0.4, 0.5) is 5.69 Å². The van der Waals surface area contributed by atoms with Gasteiger partial charge < -0.3 is 11.1 Å². The molecule has 0 amide bonds. The number of halogens is 1. The Morgan fingerprint density at radius 2 is 2.25 bits per heavy atom. The minimum absolute atomic E-state index is 0.700. The van der Waals surface area contributed by atoms with Crippen LogP contribution in [-0.2, 0) is 13.1 Å². The number of nitrogen functional groups attached to an aromatic ring is 1. The number of nitrogens with one attached hydrogen (secondary N) is 1. The maximum Gasteiger partial charge on any atom is 0.0543 e. The normalized spacial score (nSPS) is 10.6. The van der Waals surface area contributed by atoms with Gasteiger partial charge in [-0.05, 0) is 34.1 Å². The fraction of sp³-hybridized carbons (Fsp3) is 0.182. The minimum atomic E-state index is 0.700. The summed E-state index contributed by atoms with van der Waals surface area (Å²) >= 11 is 5.17. The molecule has 84 valence electrons. The van der Waals surface area contributed by atoms with Crippen LogP contribution in [0.15, 0.2) is 34.2 Å². The van der Waals surface area contributed by atoms with Gasteiger partial charge in [0.1, 0.15) is 0 Å². The summed E-state index contributed by atoms with van der Waals surface area (Å²) in [5.74, 6) is 0. The van der Waals surface area contributed by atoms with Gasteiger partial charge in [-0.3, -0.25) is 4.98 Å². The molecule has 5 heteroatoms. The van der Waals surface area contributed by atoms with Crippen molar-refractivity contribution in [3.63, 3.8) is 0 Å². The Balaban J connectivity index is 1.82. The standard InChI is InChI=1S/C11H12BrN3S/c12-8-3-11(16-7-8)6-14-5-10-2-1-9(13)4-15-10/h1-4,7,14H,5-6,13H2. The van der Waals surface area contributed by atoms with Crippen LogP contribution in [0.5, 0.6) is 0 Å². The fourth-order valence-corrected chi connectivity index (χ4v) is 2.72. The number of nitrogens with zero attached hydrogens (tertiary/aromatic N) is 1. The van der Waals surface area contributed by atoms with Gasteiger partial charge in [-0.15, -0.1) is 11.3 Å². The molecule has 0 saturated heterocycles. The predicted molar refractivity (Wildman–Crippen MR) is 71.2 cm³/mol. The summed E-state index contributed by atoms with van der Waals surface area (Å²) in [6.45, 7) is 1.62. The zero-order valence-corrected chi connectivity index (χ0v) is 11.0. The van der Waals surface area contributed by atoms with Crippen molar-refractivity contribution in [1.82, 2.24) is 10.3 Å². The molecule has 2 aromatic rings. The van der Waals surface area contributed by atoms with Gasteiger partial charge in [-0.2, -0.15) is 0 Å². The highest BCUT2D eigenvalue weighted by molar-refractivity contribution is 9.10. The Morgan fingerprint density at radius 3 is 2.88 bits per heavy atom. The van der Waals surface area contributed by atoms with E-state index < -0.39 is 0 Å². The Kier molecular flexibility index (Phi) is 3.93. The van der Waals surface area contributed by atoms with Gasteiger partial charge >= 0.3 is 0 Å². The van der Waals surface area contributed by atoms with Gasteiger partial charge in [0.25, 0.3) is 0 Å². The van der Waals surface area contributed by atoms with E-state index in [4.69, 9.17) is 5.73 Å². The zero-order chi connectivity index (χ0) is 11.4. The summed E-state index contributed by atoms with van der Waals surface area (Å²) in [5, 5.41) is 5.42. The number of hydrogen-bond donors (Lipinski definition) is 2. The van der Waals surface area contributed by atoms with Crippen molar-refractivity contribution in [2.24, 2.45) is 0 Å². The second kappa shape index (κ2) is 5.43. The van der Waals surface area contributed by atoms with Crippen molar-refractivity contribution in [3.8, 4) is 0 Å². The van der Waals surface area contributed by atoms with Crippen LogP contribution < -0.4 is 11.1 Å². The molecule has 3 nitrogen and oxygen atoms in total. The van der Waals surface area contributed by atoms with E-state index in [0.29, 0.717) is 5.69 Å². The molecule has 0 aliphatic carbocycles. The molecule has 0 unspecified atom stereocenters. The third-order valence-electron chi connectivity index (χ3n) is 2.07. The molecule has 0 spiro atoms. The van der Waals surface area contributed by atoms with Crippen LogP contribution in [0.2, 0.25) is 0 Å². The largest absolute Gasteiger partial charge is 0.397 e. The highest BCUT2D eigenvalue weighted by atomic mass is 79.9. The third kappa shape index (κ3) is 3.30. The van der Waals surface area contributed by atoms with E-state index in [0.717, 1.165) is 23.3 Å². The van der Waals surface area contributed by atoms with Crippen LogP contribution in [0.1, 0.15) is 10.6 Å². The monoisotopic (exact) mass is 297 g/mol. The molecule has 2 rings (SSSR count). The lowest BCUT2D eigenvalue weighted by atomic mass is 10.3. The van der Waals surface area contributed by atoms with Crippen LogP contribution in [-0.4, -0.2) is 4.98 Å². The average Bonchev–Trinajstić information content (AvgIpc) is 2.67. The molecule has 3 N–H and O–H groups in total. The molecule has 0 radical (unpaired) electrons. The van der Waals surface area contributed by atoms with Crippen molar-refractivity contribution in [1.29, 1.82) is 0 Å². The van der Waals surface area contributed by atoms with E-state index >= 15 is 0 Å².